The van der Waals surface area contributed by atoms with Gasteiger partial charge in [-0.1, -0.05) is 61.1 Å². The highest BCUT2D eigenvalue weighted by atomic mass is 35.5. The lowest BCUT2D eigenvalue weighted by Gasteiger charge is -2.20. The molecule has 2 aromatic rings. The van der Waals surface area contributed by atoms with E-state index in [4.69, 9.17) is 11.6 Å². The Balaban J connectivity index is 1.60. The molecule has 0 aliphatic heterocycles. The standard InChI is InChI=1S/C19H23ClFN3O2S/c20-13-9-6-10-14(21)16(13)18(26)22-11-15-17(25)24-19(27-15)23-12-7-4-2-1-3-5-8-12/h6,9-10,12,25H,1-5,7-8,11H2,(H,22,26)(H,23,24). The van der Waals surface area contributed by atoms with Gasteiger partial charge in [-0.3, -0.25) is 4.79 Å². The van der Waals surface area contributed by atoms with Crippen LogP contribution < -0.4 is 10.6 Å². The molecule has 3 rings (SSSR count). The lowest BCUT2D eigenvalue weighted by atomic mass is 9.97. The molecule has 0 bridgehead atoms. The predicted octanol–water partition coefficient (Wildman–Crippen LogP) is 5.10. The number of hydrogen-bond acceptors (Lipinski definition) is 5. The maximum Gasteiger partial charge on any atom is 0.256 e. The van der Waals surface area contributed by atoms with Crippen molar-refractivity contribution in [1.82, 2.24) is 10.3 Å². The summed E-state index contributed by atoms with van der Waals surface area (Å²) < 4.78 is 13.8. The third-order valence-electron chi connectivity index (χ3n) is 4.71. The Kier molecular flexibility index (Phi) is 6.90. The second-order valence-electron chi connectivity index (χ2n) is 6.73. The van der Waals surface area contributed by atoms with Crippen LogP contribution in [0, 0.1) is 5.82 Å². The number of thiazole rings is 1. The molecule has 1 heterocycles. The summed E-state index contributed by atoms with van der Waals surface area (Å²) in [6.07, 6.45) is 8.41. The molecule has 1 aromatic heterocycles. The molecule has 0 unspecified atom stereocenters. The van der Waals surface area contributed by atoms with Crippen molar-refractivity contribution in [3.63, 3.8) is 0 Å². The van der Waals surface area contributed by atoms with Gasteiger partial charge in [0.1, 0.15) is 5.82 Å². The van der Waals surface area contributed by atoms with Crippen molar-refractivity contribution in [1.29, 1.82) is 0 Å². The lowest BCUT2D eigenvalue weighted by Crippen LogP contribution is -2.23. The summed E-state index contributed by atoms with van der Waals surface area (Å²) in [4.78, 5) is 16.9. The average molecular weight is 412 g/mol. The summed E-state index contributed by atoms with van der Waals surface area (Å²) in [5.74, 6) is -1.42. The van der Waals surface area contributed by atoms with E-state index in [1.54, 1.807) is 0 Å². The number of nitrogens with one attached hydrogen (secondary N) is 2. The molecule has 1 aromatic carbocycles. The Morgan fingerprint density at radius 1 is 1.26 bits per heavy atom. The van der Waals surface area contributed by atoms with Gasteiger partial charge in [-0.25, -0.2) is 4.39 Å². The second-order valence-corrected chi connectivity index (χ2v) is 8.22. The van der Waals surface area contributed by atoms with Crippen molar-refractivity contribution in [2.75, 3.05) is 5.32 Å². The summed E-state index contributed by atoms with van der Waals surface area (Å²) in [5, 5.41) is 16.7. The number of hydrogen-bond donors (Lipinski definition) is 3. The summed E-state index contributed by atoms with van der Waals surface area (Å²) in [6, 6.07) is 4.44. The van der Waals surface area contributed by atoms with Crippen LogP contribution in [0.5, 0.6) is 5.88 Å². The fourth-order valence-electron chi connectivity index (χ4n) is 3.26. The van der Waals surface area contributed by atoms with Gasteiger partial charge in [-0.15, -0.1) is 0 Å². The molecule has 27 heavy (non-hydrogen) atoms. The first kappa shape index (κ1) is 19.9. The molecule has 5 nitrogen and oxygen atoms in total. The van der Waals surface area contributed by atoms with Gasteiger partial charge >= 0.3 is 0 Å². The van der Waals surface area contributed by atoms with Gasteiger partial charge < -0.3 is 15.7 Å². The van der Waals surface area contributed by atoms with Gasteiger partial charge in [0.2, 0.25) is 5.88 Å². The van der Waals surface area contributed by atoms with E-state index >= 15 is 0 Å². The molecule has 1 saturated carbocycles. The number of amides is 1. The van der Waals surface area contributed by atoms with Gasteiger partial charge in [0, 0.05) is 6.04 Å². The first-order valence-electron chi connectivity index (χ1n) is 9.22. The van der Waals surface area contributed by atoms with Crippen LogP contribution >= 0.6 is 22.9 Å². The Morgan fingerprint density at radius 3 is 2.67 bits per heavy atom. The van der Waals surface area contributed by atoms with E-state index in [1.807, 2.05) is 0 Å². The van der Waals surface area contributed by atoms with Crippen molar-refractivity contribution in [2.45, 2.75) is 57.5 Å². The predicted molar refractivity (Wildman–Crippen MR) is 106 cm³/mol. The third kappa shape index (κ3) is 5.32. The number of carbonyl (C=O) groups is 1. The second kappa shape index (κ2) is 9.37. The van der Waals surface area contributed by atoms with Crippen LogP contribution in [0.15, 0.2) is 18.2 Å². The van der Waals surface area contributed by atoms with Crippen LogP contribution in [0.1, 0.15) is 60.2 Å². The maximum atomic E-state index is 13.8. The minimum atomic E-state index is -0.680. The minimum absolute atomic E-state index is 0.0488. The van der Waals surface area contributed by atoms with E-state index in [-0.39, 0.29) is 23.0 Å². The molecular formula is C19H23ClFN3O2S. The lowest BCUT2D eigenvalue weighted by molar-refractivity contribution is 0.0947. The Morgan fingerprint density at radius 2 is 1.96 bits per heavy atom. The zero-order valence-electron chi connectivity index (χ0n) is 14.9. The van der Waals surface area contributed by atoms with Crippen LogP contribution in [-0.2, 0) is 6.54 Å². The zero-order valence-corrected chi connectivity index (χ0v) is 16.5. The number of halogens is 2. The minimum Gasteiger partial charge on any atom is -0.492 e. The van der Waals surface area contributed by atoms with Crippen molar-refractivity contribution in [2.24, 2.45) is 0 Å². The van der Waals surface area contributed by atoms with Gasteiger partial charge in [-0.2, -0.15) is 4.98 Å². The number of carbonyl (C=O) groups excluding carboxylic acids is 1. The highest BCUT2D eigenvalue weighted by Crippen LogP contribution is 2.30. The van der Waals surface area contributed by atoms with Gasteiger partial charge in [0.15, 0.2) is 5.13 Å². The zero-order chi connectivity index (χ0) is 19.2. The van der Waals surface area contributed by atoms with Crippen molar-refractivity contribution in [3.05, 3.63) is 39.5 Å². The van der Waals surface area contributed by atoms with E-state index in [2.05, 4.69) is 15.6 Å². The van der Waals surface area contributed by atoms with E-state index in [1.165, 1.54) is 61.6 Å². The van der Waals surface area contributed by atoms with E-state index in [9.17, 15) is 14.3 Å². The quantitative estimate of drug-likeness (QED) is 0.640. The Hall–Kier alpha value is -1.86. The van der Waals surface area contributed by atoms with Crippen LogP contribution in [-0.4, -0.2) is 22.0 Å². The van der Waals surface area contributed by atoms with E-state index < -0.39 is 11.7 Å². The number of nitrogens with zero attached hydrogens (tertiary/aromatic N) is 1. The van der Waals surface area contributed by atoms with Gasteiger partial charge in [-0.05, 0) is 25.0 Å². The molecule has 3 N–H and O–H groups in total. The number of aromatic nitrogens is 1. The monoisotopic (exact) mass is 411 g/mol. The molecule has 1 fully saturated rings. The molecule has 0 radical (unpaired) electrons. The summed E-state index contributed by atoms with van der Waals surface area (Å²) >= 11 is 7.20. The van der Waals surface area contributed by atoms with Crippen molar-refractivity contribution >= 4 is 34.0 Å². The molecule has 0 saturated heterocycles. The third-order valence-corrected chi connectivity index (χ3v) is 6.00. The Labute approximate surface area is 167 Å². The molecule has 1 aliphatic rings. The molecular weight excluding hydrogens is 389 g/mol. The normalized spacial score (nSPS) is 15.8. The SMILES string of the molecule is O=C(NCc1sc(NC2CCCCCCC2)nc1O)c1c(F)cccc1Cl. The van der Waals surface area contributed by atoms with Crippen molar-refractivity contribution < 1.29 is 14.3 Å². The van der Waals surface area contributed by atoms with E-state index in [0.29, 0.717) is 16.1 Å². The molecule has 0 spiro atoms. The van der Waals surface area contributed by atoms with Crippen LogP contribution in [0.4, 0.5) is 9.52 Å². The number of aromatic hydroxyl groups is 1. The fourth-order valence-corrected chi connectivity index (χ4v) is 4.38. The highest BCUT2D eigenvalue weighted by molar-refractivity contribution is 7.15. The molecule has 8 heteroatoms. The molecule has 1 amide bonds. The maximum absolute atomic E-state index is 13.8. The largest absolute Gasteiger partial charge is 0.492 e. The fraction of sp³-hybridized carbons (Fsp3) is 0.474. The molecule has 1 aliphatic carbocycles. The highest BCUT2D eigenvalue weighted by Gasteiger charge is 2.19. The smallest absolute Gasteiger partial charge is 0.256 e. The Bertz CT molecular complexity index is 771. The molecule has 0 atom stereocenters. The summed E-state index contributed by atoms with van der Waals surface area (Å²) in [7, 11) is 0. The van der Waals surface area contributed by atoms with Crippen LogP contribution in [0.2, 0.25) is 5.02 Å². The van der Waals surface area contributed by atoms with Gasteiger partial charge in [0.05, 0.1) is 22.0 Å². The topological polar surface area (TPSA) is 74.2 Å². The first-order valence-corrected chi connectivity index (χ1v) is 10.4. The first-order chi connectivity index (χ1) is 13.0. The number of benzene rings is 1. The van der Waals surface area contributed by atoms with Crippen LogP contribution in [0.3, 0.4) is 0 Å². The van der Waals surface area contributed by atoms with Crippen molar-refractivity contribution in [3.8, 4) is 5.88 Å². The number of anilines is 1. The van der Waals surface area contributed by atoms with Crippen LogP contribution in [0.25, 0.3) is 0 Å². The number of rotatable bonds is 5. The summed E-state index contributed by atoms with van der Waals surface area (Å²) in [5.41, 5.74) is -0.198. The molecule has 146 valence electrons. The van der Waals surface area contributed by atoms with Gasteiger partial charge in [0.25, 0.3) is 5.91 Å². The van der Waals surface area contributed by atoms with E-state index in [0.717, 1.165) is 12.8 Å². The average Bonchev–Trinajstić information content (AvgIpc) is 2.94. The summed E-state index contributed by atoms with van der Waals surface area (Å²) in [6.45, 7) is 0.0549.